The van der Waals surface area contributed by atoms with E-state index in [1.165, 1.54) is 0 Å². The summed E-state index contributed by atoms with van der Waals surface area (Å²) < 4.78 is 4.72. The van der Waals surface area contributed by atoms with Gasteiger partial charge in [-0.1, -0.05) is 0 Å². The molecule has 0 aromatic carbocycles. The maximum Gasteiger partial charge on any atom is 0.311 e. The largest absolute Gasteiger partial charge is 0.466 e. The SMILES string of the molecule is CCOC(=O)[C@H](CN)CS. The first-order chi connectivity index (χ1) is 4.76. The second kappa shape index (κ2) is 5.56. The van der Waals surface area contributed by atoms with Crippen molar-refractivity contribution in [1.82, 2.24) is 0 Å². The number of nitrogens with two attached hydrogens (primary N) is 1. The van der Waals surface area contributed by atoms with Crippen molar-refractivity contribution in [3.63, 3.8) is 0 Å². The molecule has 3 nitrogen and oxygen atoms in total. The van der Waals surface area contributed by atoms with E-state index < -0.39 is 0 Å². The lowest BCUT2D eigenvalue weighted by Crippen LogP contribution is -2.26. The van der Waals surface area contributed by atoms with Crippen LogP contribution in [0.4, 0.5) is 0 Å². The van der Waals surface area contributed by atoms with Crippen LogP contribution in [0, 0.1) is 5.92 Å². The van der Waals surface area contributed by atoms with Crippen molar-refractivity contribution in [3.05, 3.63) is 0 Å². The number of carbonyl (C=O) groups is 1. The monoisotopic (exact) mass is 163 g/mol. The van der Waals surface area contributed by atoms with E-state index in [0.29, 0.717) is 18.9 Å². The fourth-order valence-electron chi connectivity index (χ4n) is 0.505. The topological polar surface area (TPSA) is 52.3 Å². The molecule has 0 fully saturated rings. The molecule has 0 rings (SSSR count). The molecule has 10 heavy (non-hydrogen) atoms. The molecule has 2 N–H and O–H groups in total. The van der Waals surface area contributed by atoms with Gasteiger partial charge in [-0.05, 0) is 6.92 Å². The first-order valence-corrected chi connectivity index (χ1v) is 3.87. The number of thiol groups is 1. The van der Waals surface area contributed by atoms with E-state index >= 15 is 0 Å². The molecule has 0 aliphatic carbocycles. The third kappa shape index (κ3) is 3.08. The second-order valence-electron chi connectivity index (χ2n) is 1.87. The minimum atomic E-state index is -0.250. The molecule has 0 saturated carbocycles. The van der Waals surface area contributed by atoms with Crippen molar-refractivity contribution in [3.8, 4) is 0 Å². The first kappa shape index (κ1) is 9.78. The predicted octanol–water partition coefficient (Wildman–Crippen LogP) is 0.0542. The standard InChI is InChI=1S/C6H13NO2S/c1-2-9-6(8)5(3-7)4-10/h5,10H,2-4,7H2,1H3/t5-/m1/s1. The van der Waals surface area contributed by atoms with Gasteiger partial charge in [-0.2, -0.15) is 12.6 Å². The zero-order chi connectivity index (χ0) is 7.98. The molecule has 0 bridgehead atoms. The molecular weight excluding hydrogens is 150 g/mol. The molecule has 0 radical (unpaired) electrons. The highest BCUT2D eigenvalue weighted by Crippen LogP contribution is 1.99. The smallest absolute Gasteiger partial charge is 0.311 e. The molecule has 0 saturated heterocycles. The van der Waals surface area contributed by atoms with Gasteiger partial charge >= 0.3 is 5.97 Å². The molecule has 0 aromatic rings. The van der Waals surface area contributed by atoms with Crippen molar-refractivity contribution in [2.45, 2.75) is 6.92 Å². The summed E-state index contributed by atoms with van der Waals surface area (Å²) in [6.45, 7) is 2.48. The van der Waals surface area contributed by atoms with Crippen LogP contribution < -0.4 is 5.73 Å². The molecule has 0 aliphatic rings. The minimum absolute atomic E-state index is 0.247. The van der Waals surface area contributed by atoms with Gasteiger partial charge in [-0.25, -0.2) is 0 Å². The van der Waals surface area contributed by atoms with Gasteiger partial charge in [0.2, 0.25) is 0 Å². The van der Waals surface area contributed by atoms with Gasteiger partial charge < -0.3 is 10.5 Å². The maximum absolute atomic E-state index is 10.9. The average molecular weight is 163 g/mol. The molecule has 0 spiro atoms. The van der Waals surface area contributed by atoms with E-state index in [0.717, 1.165) is 0 Å². The van der Waals surface area contributed by atoms with Crippen molar-refractivity contribution < 1.29 is 9.53 Å². The third-order valence-corrected chi connectivity index (χ3v) is 1.57. The Kier molecular flexibility index (Phi) is 5.43. The van der Waals surface area contributed by atoms with Crippen LogP contribution in [0.5, 0.6) is 0 Å². The van der Waals surface area contributed by atoms with Crippen LogP contribution in [-0.4, -0.2) is 24.9 Å². The number of hydrogen-bond donors (Lipinski definition) is 2. The van der Waals surface area contributed by atoms with Crippen LogP contribution in [0.1, 0.15) is 6.92 Å². The highest BCUT2D eigenvalue weighted by molar-refractivity contribution is 7.80. The lowest BCUT2D eigenvalue weighted by molar-refractivity contribution is -0.146. The Morgan fingerprint density at radius 3 is 2.70 bits per heavy atom. The van der Waals surface area contributed by atoms with Crippen molar-refractivity contribution in [2.24, 2.45) is 11.7 Å². The molecule has 60 valence electrons. The lowest BCUT2D eigenvalue weighted by Gasteiger charge is -2.08. The Hall–Kier alpha value is -0.220. The molecular formula is C6H13NO2S. The first-order valence-electron chi connectivity index (χ1n) is 3.23. The van der Waals surface area contributed by atoms with E-state index in [4.69, 9.17) is 10.5 Å². The van der Waals surface area contributed by atoms with E-state index in [1.807, 2.05) is 0 Å². The molecule has 1 atom stereocenters. The lowest BCUT2D eigenvalue weighted by atomic mass is 10.2. The number of carbonyl (C=O) groups excluding carboxylic acids is 1. The molecule has 0 amide bonds. The summed E-state index contributed by atoms with van der Waals surface area (Å²) in [4.78, 5) is 10.9. The number of hydrogen-bond acceptors (Lipinski definition) is 4. The average Bonchev–Trinajstić information content (AvgIpc) is 1.91. The Balaban J connectivity index is 3.65. The zero-order valence-electron chi connectivity index (χ0n) is 6.04. The van der Waals surface area contributed by atoms with Crippen molar-refractivity contribution in [1.29, 1.82) is 0 Å². The van der Waals surface area contributed by atoms with Gasteiger partial charge in [-0.15, -0.1) is 0 Å². The van der Waals surface area contributed by atoms with Crippen LogP contribution in [-0.2, 0) is 9.53 Å². The van der Waals surface area contributed by atoms with Crippen LogP contribution in [0.25, 0.3) is 0 Å². The maximum atomic E-state index is 10.9. The molecule has 0 aromatic heterocycles. The molecule has 0 heterocycles. The van der Waals surface area contributed by atoms with E-state index in [1.54, 1.807) is 6.92 Å². The van der Waals surface area contributed by atoms with Gasteiger partial charge in [0.25, 0.3) is 0 Å². The summed E-state index contributed by atoms with van der Waals surface area (Å²) in [6.07, 6.45) is 0. The highest BCUT2D eigenvalue weighted by atomic mass is 32.1. The number of esters is 1. The summed E-state index contributed by atoms with van der Waals surface area (Å²) >= 11 is 3.95. The Bertz CT molecular complexity index is 104. The fourth-order valence-corrected chi connectivity index (χ4v) is 0.804. The quantitative estimate of drug-likeness (QED) is 0.455. The van der Waals surface area contributed by atoms with Crippen molar-refractivity contribution in [2.75, 3.05) is 18.9 Å². The summed E-state index contributed by atoms with van der Waals surface area (Å²) in [5.41, 5.74) is 5.26. The molecule has 0 unspecified atom stereocenters. The Morgan fingerprint density at radius 1 is 1.80 bits per heavy atom. The van der Waals surface area contributed by atoms with Gasteiger partial charge in [0, 0.05) is 12.3 Å². The number of rotatable bonds is 4. The van der Waals surface area contributed by atoms with E-state index in [9.17, 15) is 4.79 Å². The molecule has 0 aliphatic heterocycles. The number of ether oxygens (including phenoxy) is 1. The summed E-state index contributed by atoms with van der Waals surface area (Å²) in [6, 6.07) is 0. The van der Waals surface area contributed by atoms with Crippen LogP contribution in [0.15, 0.2) is 0 Å². The van der Waals surface area contributed by atoms with Gasteiger partial charge in [0.05, 0.1) is 12.5 Å². The third-order valence-electron chi connectivity index (χ3n) is 1.12. The van der Waals surface area contributed by atoms with Crippen LogP contribution in [0.3, 0.4) is 0 Å². The summed E-state index contributed by atoms with van der Waals surface area (Å²) in [5, 5.41) is 0. The van der Waals surface area contributed by atoms with Crippen LogP contribution >= 0.6 is 12.6 Å². The van der Waals surface area contributed by atoms with E-state index in [2.05, 4.69) is 12.6 Å². The predicted molar refractivity (Wildman–Crippen MR) is 43.0 cm³/mol. The van der Waals surface area contributed by atoms with Gasteiger partial charge in [0.1, 0.15) is 0 Å². The van der Waals surface area contributed by atoms with E-state index in [-0.39, 0.29) is 11.9 Å². The Labute approximate surface area is 66.3 Å². The second-order valence-corrected chi connectivity index (χ2v) is 2.23. The van der Waals surface area contributed by atoms with Crippen molar-refractivity contribution >= 4 is 18.6 Å². The zero-order valence-corrected chi connectivity index (χ0v) is 6.93. The summed E-state index contributed by atoms with van der Waals surface area (Å²) in [5.74, 6) is -0.0433. The highest BCUT2D eigenvalue weighted by Gasteiger charge is 2.14. The normalized spacial score (nSPS) is 12.7. The fraction of sp³-hybridized carbons (Fsp3) is 0.833. The summed E-state index contributed by atoms with van der Waals surface area (Å²) in [7, 11) is 0. The van der Waals surface area contributed by atoms with Gasteiger partial charge in [0.15, 0.2) is 0 Å². The minimum Gasteiger partial charge on any atom is -0.466 e. The van der Waals surface area contributed by atoms with Gasteiger partial charge in [-0.3, -0.25) is 4.79 Å². The molecule has 4 heteroatoms. The Morgan fingerprint density at radius 2 is 2.40 bits per heavy atom. The van der Waals surface area contributed by atoms with Crippen LogP contribution in [0.2, 0.25) is 0 Å².